The molecule has 146 valence electrons. The largest absolute Gasteiger partial charge is 0.381 e. The van der Waals surface area contributed by atoms with Crippen molar-refractivity contribution in [1.82, 2.24) is 20.2 Å². The fourth-order valence-electron chi connectivity index (χ4n) is 3.90. The molecule has 26 heavy (non-hydrogen) atoms. The minimum absolute atomic E-state index is 0. The van der Waals surface area contributed by atoms with Crippen LogP contribution in [-0.4, -0.2) is 59.2 Å². The van der Waals surface area contributed by atoms with E-state index in [1.165, 1.54) is 6.20 Å². The molecule has 0 aromatic carbocycles. The van der Waals surface area contributed by atoms with Gasteiger partial charge in [-0.3, -0.25) is 19.5 Å². The first-order valence-electron chi connectivity index (χ1n) is 9.03. The molecule has 0 saturated carbocycles. The van der Waals surface area contributed by atoms with Crippen molar-refractivity contribution in [2.45, 2.75) is 44.7 Å². The van der Waals surface area contributed by atoms with Crippen molar-refractivity contribution in [3.05, 3.63) is 32.6 Å². The number of hydrogen-bond acceptors (Lipinski definition) is 5. The van der Waals surface area contributed by atoms with Crippen LogP contribution in [0.5, 0.6) is 0 Å². The predicted molar refractivity (Wildman–Crippen MR) is 100.0 cm³/mol. The Bertz CT molecular complexity index is 713. The number of halogens is 1. The third-order valence-electron chi connectivity index (χ3n) is 5.22. The molecule has 2 saturated heterocycles. The van der Waals surface area contributed by atoms with Crippen LogP contribution in [0, 0.1) is 5.92 Å². The Morgan fingerprint density at radius 3 is 2.69 bits per heavy atom. The van der Waals surface area contributed by atoms with Gasteiger partial charge in [0.15, 0.2) is 0 Å². The monoisotopic (exact) mass is 386 g/mol. The Morgan fingerprint density at radius 1 is 1.31 bits per heavy atom. The van der Waals surface area contributed by atoms with Gasteiger partial charge in [0.1, 0.15) is 5.56 Å². The summed E-state index contributed by atoms with van der Waals surface area (Å²) in [5, 5.41) is 3.01. The maximum atomic E-state index is 12.5. The summed E-state index contributed by atoms with van der Waals surface area (Å²) in [7, 11) is 0. The van der Waals surface area contributed by atoms with E-state index in [0.29, 0.717) is 12.0 Å². The Balaban J connectivity index is 0.00000243. The highest BCUT2D eigenvalue weighted by Gasteiger charge is 2.37. The summed E-state index contributed by atoms with van der Waals surface area (Å²) in [4.78, 5) is 42.3. The number of aromatic nitrogens is 2. The van der Waals surface area contributed by atoms with Crippen LogP contribution in [-0.2, 0) is 4.74 Å². The third-order valence-corrected chi connectivity index (χ3v) is 5.22. The lowest BCUT2D eigenvalue weighted by atomic mass is 9.98. The number of rotatable bonds is 5. The fourth-order valence-corrected chi connectivity index (χ4v) is 3.90. The first kappa shape index (κ1) is 20.7. The van der Waals surface area contributed by atoms with E-state index in [1.54, 1.807) is 0 Å². The molecule has 1 aromatic rings. The van der Waals surface area contributed by atoms with Crippen LogP contribution < -0.4 is 16.6 Å². The smallest absolute Gasteiger partial charge is 0.325 e. The third kappa shape index (κ3) is 4.75. The molecule has 3 heterocycles. The maximum absolute atomic E-state index is 12.5. The van der Waals surface area contributed by atoms with Crippen LogP contribution >= 0.6 is 12.4 Å². The number of amides is 1. The van der Waals surface area contributed by atoms with Crippen molar-refractivity contribution < 1.29 is 9.53 Å². The molecule has 0 unspecified atom stereocenters. The Kier molecular flexibility index (Phi) is 7.43. The first-order valence-corrected chi connectivity index (χ1v) is 9.03. The number of carbonyl (C=O) groups excluding carboxylic acids is 1. The Morgan fingerprint density at radius 2 is 2.04 bits per heavy atom. The van der Waals surface area contributed by atoms with Gasteiger partial charge in [0.05, 0.1) is 0 Å². The molecule has 1 aromatic heterocycles. The van der Waals surface area contributed by atoms with E-state index < -0.39 is 17.2 Å². The SMILES string of the molecule is CCC[C@H]1CN(C2CCOCC2)C[C@@H]1NC(=O)c1c[nH]c(=O)[nH]c1=O.Cl. The van der Waals surface area contributed by atoms with Gasteiger partial charge in [-0.05, 0) is 25.2 Å². The van der Waals surface area contributed by atoms with Crippen LogP contribution in [0.15, 0.2) is 15.8 Å². The predicted octanol–water partition coefficient (Wildman–Crippen LogP) is 0.494. The zero-order valence-electron chi connectivity index (χ0n) is 15.0. The summed E-state index contributed by atoms with van der Waals surface area (Å²) in [5.41, 5.74) is -1.33. The molecule has 9 heteroatoms. The summed E-state index contributed by atoms with van der Waals surface area (Å²) >= 11 is 0. The minimum atomic E-state index is -0.660. The van der Waals surface area contributed by atoms with Gasteiger partial charge in [-0.25, -0.2) is 4.79 Å². The van der Waals surface area contributed by atoms with Crippen molar-refractivity contribution in [2.24, 2.45) is 5.92 Å². The second-order valence-corrected chi connectivity index (χ2v) is 6.91. The standard InChI is InChI=1S/C17H26N4O4.ClH/c1-2-3-11-9-21(12-4-6-25-7-5-12)10-14(11)19-15(22)13-8-18-17(24)20-16(13)23;/h8,11-12,14H,2-7,9-10H2,1H3,(H,19,22)(H2,18,20,23,24);1H/t11-,14-;/m0./s1. The fraction of sp³-hybridized carbons (Fsp3) is 0.706. The molecule has 2 aliphatic rings. The molecule has 2 aliphatic heterocycles. The van der Waals surface area contributed by atoms with Crippen molar-refractivity contribution in [1.29, 1.82) is 0 Å². The van der Waals surface area contributed by atoms with Crippen molar-refractivity contribution >= 4 is 18.3 Å². The molecule has 2 atom stereocenters. The first-order chi connectivity index (χ1) is 12.1. The average molecular weight is 387 g/mol. The quantitative estimate of drug-likeness (QED) is 0.682. The number of likely N-dealkylation sites (tertiary alicyclic amines) is 1. The molecule has 1 amide bonds. The molecule has 3 N–H and O–H groups in total. The lowest BCUT2D eigenvalue weighted by Crippen LogP contribution is -2.44. The summed E-state index contributed by atoms with van der Waals surface area (Å²) in [6, 6.07) is 0.521. The van der Waals surface area contributed by atoms with E-state index in [4.69, 9.17) is 4.74 Å². The van der Waals surface area contributed by atoms with Gasteiger partial charge in [-0.2, -0.15) is 0 Å². The molecular weight excluding hydrogens is 360 g/mol. The second-order valence-electron chi connectivity index (χ2n) is 6.91. The number of nitrogens with zero attached hydrogens (tertiary/aromatic N) is 1. The highest BCUT2D eigenvalue weighted by molar-refractivity contribution is 5.93. The highest BCUT2D eigenvalue weighted by Crippen LogP contribution is 2.27. The van der Waals surface area contributed by atoms with E-state index in [0.717, 1.165) is 52.0 Å². The molecule has 8 nitrogen and oxygen atoms in total. The van der Waals surface area contributed by atoms with Crippen molar-refractivity contribution in [3.63, 3.8) is 0 Å². The van der Waals surface area contributed by atoms with E-state index >= 15 is 0 Å². The van der Waals surface area contributed by atoms with E-state index in [1.807, 2.05) is 0 Å². The number of H-pyrrole nitrogens is 2. The minimum Gasteiger partial charge on any atom is -0.381 e. The zero-order valence-corrected chi connectivity index (χ0v) is 15.8. The van der Waals surface area contributed by atoms with Gasteiger partial charge in [0, 0.05) is 44.6 Å². The topological polar surface area (TPSA) is 107 Å². The zero-order chi connectivity index (χ0) is 17.8. The van der Waals surface area contributed by atoms with E-state index in [-0.39, 0.29) is 24.0 Å². The van der Waals surface area contributed by atoms with Crippen molar-refractivity contribution in [3.8, 4) is 0 Å². The molecule has 0 bridgehead atoms. The summed E-state index contributed by atoms with van der Waals surface area (Å²) in [5.74, 6) is -0.0592. The molecule has 0 radical (unpaired) electrons. The summed E-state index contributed by atoms with van der Waals surface area (Å²) < 4.78 is 5.44. The normalized spacial score (nSPS) is 24.2. The van der Waals surface area contributed by atoms with Crippen LogP contribution in [0.25, 0.3) is 0 Å². The van der Waals surface area contributed by atoms with Gasteiger partial charge < -0.3 is 15.0 Å². The van der Waals surface area contributed by atoms with Crippen LogP contribution in [0.3, 0.4) is 0 Å². The lowest BCUT2D eigenvalue weighted by Gasteiger charge is -2.31. The number of aromatic amines is 2. The average Bonchev–Trinajstić information content (AvgIpc) is 2.98. The molecule has 3 rings (SSSR count). The Labute approximate surface area is 158 Å². The maximum Gasteiger partial charge on any atom is 0.325 e. The van der Waals surface area contributed by atoms with E-state index in [9.17, 15) is 14.4 Å². The molecule has 2 fully saturated rings. The van der Waals surface area contributed by atoms with Gasteiger partial charge in [0.2, 0.25) is 0 Å². The summed E-state index contributed by atoms with van der Waals surface area (Å²) in [6.07, 6.45) is 5.32. The number of carbonyl (C=O) groups is 1. The summed E-state index contributed by atoms with van der Waals surface area (Å²) in [6.45, 7) is 5.49. The Hall–Kier alpha value is -1.64. The van der Waals surface area contributed by atoms with E-state index in [2.05, 4.69) is 27.1 Å². The van der Waals surface area contributed by atoms with Crippen LogP contribution in [0.1, 0.15) is 43.0 Å². The van der Waals surface area contributed by atoms with Crippen LogP contribution in [0.2, 0.25) is 0 Å². The number of nitrogens with one attached hydrogen (secondary N) is 3. The second kappa shape index (κ2) is 9.34. The van der Waals surface area contributed by atoms with Crippen molar-refractivity contribution in [2.75, 3.05) is 26.3 Å². The molecule has 0 aliphatic carbocycles. The number of ether oxygens (including phenoxy) is 1. The van der Waals surface area contributed by atoms with Crippen LogP contribution in [0.4, 0.5) is 0 Å². The lowest BCUT2D eigenvalue weighted by molar-refractivity contribution is 0.0405. The van der Waals surface area contributed by atoms with Gasteiger partial charge in [0.25, 0.3) is 11.5 Å². The molecular formula is C17H27ClN4O4. The number of hydrogen-bond donors (Lipinski definition) is 3. The van der Waals surface area contributed by atoms with Gasteiger partial charge >= 0.3 is 5.69 Å². The highest BCUT2D eigenvalue weighted by atomic mass is 35.5. The molecule has 0 spiro atoms. The van der Waals surface area contributed by atoms with Gasteiger partial charge in [-0.15, -0.1) is 12.4 Å². The van der Waals surface area contributed by atoms with Gasteiger partial charge in [-0.1, -0.05) is 13.3 Å².